The molecule has 0 amide bonds. The Balaban J connectivity index is 0.00000442. The van der Waals surface area contributed by atoms with Gasteiger partial charge in [-0.05, 0) is 64.8 Å². The van der Waals surface area contributed by atoms with Crippen molar-refractivity contribution in [3.8, 4) is 11.5 Å². The summed E-state index contributed by atoms with van der Waals surface area (Å²) in [6, 6.07) is 17.2. The number of aliphatic carboxylic acids is 1. The van der Waals surface area contributed by atoms with Crippen molar-refractivity contribution in [3.63, 3.8) is 0 Å². The summed E-state index contributed by atoms with van der Waals surface area (Å²) < 4.78 is 65.5. The molecule has 1 aliphatic carbocycles. The highest BCUT2D eigenvalue weighted by Crippen LogP contribution is 2.47. The molecular formula is C32H37ClF2N2O6S. The Bertz CT molecular complexity index is 1530. The normalized spacial score (nSPS) is 20.3. The molecule has 44 heavy (non-hydrogen) atoms. The summed E-state index contributed by atoms with van der Waals surface area (Å²) in [7, 11) is -3.95. The van der Waals surface area contributed by atoms with Crippen LogP contribution in [0.1, 0.15) is 31.9 Å². The van der Waals surface area contributed by atoms with Gasteiger partial charge < -0.3 is 19.9 Å². The van der Waals surface area contributed by atoms with Gasteiger partial charge in [-0.2, -0.15) is 4.31 Å². The number of carbonyl (C=O) groups is 1. The molecule has 2 fully saturated rings. The summed E-state index contributed by atoms with van der Waals surface area (Å²) in [5.41, 5.74) is 1.93. The molecule has 0 aromatic heterocycles. The fourth-order valence-corrected chi connectivity index (χ4v) is 7.08. The molecule has 1 saturated heterocycles. The Kier molecular flexibility index (Phi) is 10.2. The Morgan fingerprint density at radius 1 is 0.977 bits per heavy atom. The van der Waals surface area contributed by atoms with Crippen LogP contribution in [-0.2, 0) is 26.7 Å². The molecule has 8 nitrogen and oxygen atoms in total. The van der Waals surface area contributed by atoms with Gasteiger partial charge in [0, 0.05) is 38.2 Å². The van der Waals surface area contributed by atoms with Gasteiger partial charge >= 0.3 is 5.97 Å². The van der Waals surface area contributed by atoms with Crippen molar-refractivity contribution in [1.29, 1.82) is 0 Å². The van der Waals surface area contributed by atoms with Crippen molar-refractivity contribution in [2.24, 2.45) is 11.8 Å². The van der Waals surface area contributed by atoms with E-state index in [1.165, 1.54) is 4.31 Å². The Hall–Kier alpha value is -3.25. The second kappa shape index (κ2) is 13.4. The summed E-state index contributed by atoms with van der Waals surface area (Å²) in [4.78, 5) is 11.5. The molecule has 0 bridgehead atoms. The van der Waals surface area contributed by atoms with Gasteiger partial charge in [-0.3, -0.25) is 0 Å². The van der Waals surface area contributed by atoms with E-state index >= 15 is 0 Å². The van der Waals surface area contributed by atoms with Gasteiger partial charge in [0.05, 0.1) is 4.90 Å². The van der Waals surface area contributed by atoms with Crippen molar-refractivity contribution in [2.75, 3.05) is 26.2 Å². The van der Waals surface area contributed by atoms with Crippen molar-refractivity contribution < 1.29 is 36.6 Å². The van der Waals surface area contributed by atoms with Crippen molar-refractivity contribution >= 4 is 28.4 Å². The predicted molar refractivity (Wildman–Crippen MR) is 164 cm³/mol. The monoisotopic (exact) mass is 650 g/mol. The first-order valence-electron chi connectivity index (χ1n) is 14.2. The highest BCUT2D eigenvalue weighted by Gasteiger charge is 2.57. The van der Waals surface area contributed by atoms with Crippen LogP contribution in [0.2, 0.25) is 0 Å². The largest absolute Gasteiger partial charge is 0.492 e. The van der Waals surface area contributed by atoms with Gasteiger partial charge in [0.2, 0.25) is 10.0 Å². The van der Waals surface area contributed by atoms with Crippen LogP contribution in [0.3, 0.4) is 0 Å². The molecule has 238 valence electrons. The molecule has 4 atom stereocenters. The fraction of sp³-hybridized carbons (Fsp3) is 0.406. The zero-order valence-electron chi connectivity index (χ0n) is 24.7. The van der Waals surface area contributed by atoms with Gasteiger partial charge in [-0.25, -0.2) is 22.0 Å². The number of ether oxygens (including phenoxy) is 2. The number of nitrogens with one attached hydrogen (secondary N) is 1. The second-order valence-electron chi connectivity index (χ2n) is 12.2. The third kappa shape index (κ3) is 7.87. The molecule has 1 saturated carbocycles. The van der Waals surface area contributed by atoms with Crippen LogP contribution in [0.15, 0.2) is 71.6 Å². The Morgan fingerprint density at radius 3 is 2.09 bits per heavy atom. The summed E-state index contributed by atoms with van der Waals surface area (Å²) in [5, 5.41) is 13.1. The van der Waals surface area contributed by atoms with Crippen LogP contribution in [0, 0.1) is 23.5 Å². The minimum absolute atomic E-state index is 0. The van der Waals surface area contributed by atoms with E-state index in [4.69, 9.17) is 9.47 Å². The Morgan fingerprint density at radius 2 is 1.55 bits per heavy atom. The lowest BCUT2D eigenvalue weighted by Crippen LogP contribution is -2.36. The molecule has 1 aliphatic heterocycles. The third-order valence-electron chi connectivity index (χ3n) is 8.00. The van der Waals surface area contributed by atoms with Crippen LogP contribution in [0.5, 0.6) is 11.5 Å². The molecular weight excluding hydrogens is 614 g/mol. The quantitative estimate of drug-likeness (QED) is 0.265. The van der Waals surface area contributed by atoms with E-state index in [1.807, 2.05) is 24.3 Å². The molecule has 3 aromatic carbocycles. The number of fused-ring (bicyclic) bond motifs is 1. The highest BCUT2D eigenvalue weighted by atomic mass is 35.5. The number of rotatable bonds is 12. The Labute approximate surface area is 262 Å². The molecule has 0 spiro atoms. The number of carboxylic acid groups (broad SMARTS) is 1. The zero-order valence-corrected chi connectivity index (χ0v) is 26.3. The topological polar surface area (TPSA) is 105 Å². The summed E-state index contributed by atoms with van der Waals surface area (Å²) >= 11 is 0. The lowest BCUT2D eigenvalue weighted by molar-refractivity contribution is -0.145. The molecule has 2 aliphatic rings. The number of hydrogen-bond acceptors (Lipinski definition) is 6. The molecule has 3 aromatic rings. The van der Waals surface area contributed by atoms with E-state index in [0.29, 0.717) is 43.8 Å². The van der Waals surface area contributed by atoms with Gasteiger partial charge in [0.25, 0.3) is 0 Å². The lowest BCUT2D eigenvalue weighted by Gasteiger charge is -2.20. The van der Waals surface area contributed by atoms with Crippen molar-refractivity contribution in [1.82, 2.24) is 9.62 Å². The number of hydrogen-bond donors (Lipinski definition) is 2. The van der Waals surface area contributed by atoms with E-state index in [9.17, 15) is 27.1 Å². The number of halogens is 3. The molecule has 0 radical (unpaired) electrons. The minimum atomic E-state index is -3.95. The molecule has 5 rings (SSSR count). The van der Waals surface area contributed by atoms with E-state index in [2.05, 4.69) is 26.1 Å². The molecule has 12 heteroatoms. The zero-order chi connectivity index (χ0) is 30.9. The number of carboxylic acids is 1. The van der Waals surface area contributed by atoms with Gasteiger partial charge in [-0.1, -0.05) is 45.0 Å². The average Bonchev–Trinajstić information content (AvgIpc) is 3.37. The first-order chi connectivity index (χ1) is 20.3. The minimum Gasteiger partial charge on any atom is -0.492 e. The van der Waals surface area contributed by atoms with E-state index in [0.717, 1.165) is 23.3 Å². The predicted octanol–water partition coefficient (Wildman–Crippen LogP) is 5.05. The summed E-state index contributed by atoms with van der Waals surface area (Å²) in [6.07, 6.45) is -0.834. The SMILES string of the molecule is CC(C)(C)c1ccc(O[C@@H](Cc2ccc(OCCN[C@H]3C4CN(S(=O)(=O)c5cc(F)cc(F)c5)C[C@@H]43)cc2)C(=O)O)cc1.Cl. The molecule has 2 N–H and O–H groups in total. The van der Waals surface area contributed by atoms with Gasteiger partial charge in [-0.15, -0.1) is 12.4 Å². The van der Waals surface area contributed by atoms with Crippen LogP contribution < -0.4 is 14.8 Å². The van der Waals surface area contributed by atoms with Crippen molar-refractivity contribution in [3.05, 3.63) is 89.5 Å². The first-order valence-corrected chi connectivity index (χ1v) is 15.7. The summed E-state index contributed by atoms with van der Waals surface area (Å²) in [5.74, 6) is -1.45. The number of benzene rings is 3. The van der Waals surface area contributed by atoms with E-state index in [-0.39, 0.29) is 47.0 Å². The van der Waals surface area contributed by atoms with Crippen LogP contribution in [0.4, 0.5) is 8.78 Å². The molecule has 1 heterocycles. The maximum atomic E-state index is 13.5. The van der Waals surface area contributed by atoms with Crippen LogP contribution in [0.25, 0.3) is 0 Å². The second-order valence-corrected chi connectivity index (χ2v) is 14.1. The maximum Gasteiger partial charge on any atom is 0.345 e. The smallest absolute Gasteiger partial charge is 0.345 e. The molecule has 1 unspecified atom stereocenters. The van der Waals surface area contributed by atoms with Gasteiger partial charge in [0.1, 0.15) is 29.7 Å². The van der Waals surface area contributed by atoms with Gasteiger partial charge in [0.15, 0.2) is 6.10 Å². The van der Waals surface area contributed by atoms with Crippen LogP contribution >= 0.6 is 12.4 Å². The maximum absolute atomic E-state index is 13.5. The number of nitrogens with zero attached hydrogens (tertiary/aromatic N) is 1. The van der Waals surface area contributed by atoms with Crippen LogP contribution in [-0.4, -0.2) is 62.2 Å². The van der Waals surface area contributed by atoms with Crippen molar-refractivity contribution in [2.45, 2.75) is 49.6 Å². The highest BCUT2D eigenvalue weighted by molar-refractivity contribution is 7.89. The fourth-order valence-electron chi connectivity index (χ4n) is 5.52. The third-order valence-corrected chi connectivity index (χ3v) is 9.81. The van der Waals surface area contributed by atoms with E-state index < -0.39 is 33.7 Å². The number of piperidine rings is 1. The summed E-state index contributed by atoms with van der Waals surface area (Å²) in [6.45, 7) is 7.88. The van der Waals surface area contributed by atoms with E-state index in [1.54, 1.807) is 24.3 Å². The lowest BCUT2D eigenvalue weighted by atomic mass is 9.87. The average molecular weight is 651 g/mol. The number of sulfonamides is 1. The standard InChI is InChI=1S/C32H36F2N2O6S.ClH/c1-32(2,3)21-6-10-25(11-7-21)42-29(31(37)38)14-20-4-8-24(9-5-20)41-13-12-35-30-27-18-36(19-28(27)30)43(39,40)26-16-22(33)15-23(34)17-26;/h4-11,15-17,27-30,35H,12-14,18-19H2,1-3H3,(H,37,38);1H/t27-,28?,29-,30+;/m0./s1. The first kappa shape index (κ1) is 33.6.